The van der Waals surface area contributed by atoms with Crippen molar-refractivity contribution in [2.45, 2.75) is 60.8 Å². The highest BCUT2D eigenvalue weighted by Crippen LogP contribution is 2.31. The van der Waals surface area contributed by atoms with Gasteiger partial charge in [-0.15, -0.1) is 0 Å². The SMILES string of the molecule is CCOc1cc(C(N)=O)cc2nc(NC(=O)c3cc(C)nn3CC)n(C/C=C/Cn3c(NC(=O)c4cc(C)nn4CC)nc4cc(C(N)=O)ccc43)c12. The number of ether oxygens (including phenoxy) is 1. The number of nitrogens with two attached hydrogens (primary N) is 2. The van der Waals surface area contributed by atoms with Gasteiger partial charge in [-0.25, -0.2) is 9.97 Å². The van der Waals surface area contributed by atoms with E-state index in [0.29, 0.717) is 70.3 Å². The smallest absolute Gasteiger partial charge is 0.276 e. The van der Waals surface area contributed by atoms with Crippen LogP contribution in [0.25, 0.3) is 22.1 Å². The molecule has 0 fully saturated rings. The van der Waals surface area contributed by atoms with Crippen LogP contribution in [0.3, 0.4) is 0 Å². The maximum atomic E-state index is 13.5. The minimum absolute atomic E-state index is 0.205. The highest BCUT2D eigenvalue weighted by molar-refractivity contribution is 6.05. The molecule has 0 bridgehead atoms. The largest absolute Gasteiger partial charge is 0.492 e. The average Bonchev–Trinajstić information content (AvgIpc) is 3.88. The fourth-order valence-corrected chi connectivity index (χ4v) is 6.10. The predicted molar refractivity (Wildman–Crippen MR) is 198 cm³/mol. The zero-order valence-corrected chi connectivity index (χ0v) is 30.0. The van der Waals surface area contributed by atoms with Gasteiger partial charge in [0.05, 0.1) is 34.5 Å². The summed E-state index contributed by atoms with van der Waals surface area (Å²) in [5.41, 5.74) is 15.8. The van der Waals surface area contributed by atoms with Crippen molar-refractivity contribution in [3.8, 4) is 5.75 Å². The Morgan fingerprint density at radius 2 is 1.25 bits per heavy atom. The average molecular weight is 721 g/mol. The molecule has 0 atom stereocenters. The van der Waals surface area contributed by atoms with Gasteiger partial charge in [0.1, 0.15) is 22.7 Å². The molecule has 0 saturated carbocycles. The van der Waals surface area contributed by atoms with Crippen LogP contribution in [0.1, 0.15) is 73.9 Å². The Bertz CT molecular complexity index is 2430. The second kappa shape index (κ2) is 14.8. The van der Waals surface area contributed by atoms with E-state index in [1.807, 2.05) is 39.8 Å². The van der Waals surface area contributed by atoms with E-state index in [-0.39, 0.29) is 36.1 Å². The molecule has 274 valence electrons. The lowest BCUT2D eigenvalue weighted by molar-refractivity contribution is 0.0992. The van der Waals surface area contributed by atoms with Gasteiger partial charge in [-0.3, -0.25) is 39.2 Å². The predicted octanol–water partition coefficient (Wildman–Crippen LogP) is 3.79. The number of carbonyl (C=O) groups is 4. The number of fused-ring (bicyclic) bond motifs is 2. The lowest BCUT2D eigenvalue weighted by Crippen LogP contribution is -2.20. The molecule has 0 unspecified atom stereocenters. The number of amides is 4. The fourth-order valence-electron chi connectivity index (χ4n) is 6.10. The van der Waals surface area contributed by atoms with Gasteiger partial charge >= 0.3 is 0 Å². The number of allylic oxidation sites excluding steroid dienone is 2. The van der Waals surface area contributed by atoms with Gasteiger partial charge in [0.15, 0.2) is 0 Å². The molecular weight excluding hydrogens is 680 g/mol. The van der Waals surface area contributed by atoms with Gasteiger partial charge in [0.2, 0.25) is 23.7 Å². The number of benzene rings is 2. The third kappa shape index (κ3) is 7.21. The standard InChI is InChI=1S/C36H40N12O5/c1-6-47-27(15-20(4)43-47)33(51)41-35-39-24-17-22(31(37)49)11-12-26(24)45(35)13-9-10-14-46-30-25(18-23(32(38)50)19-29(30)53-8-3)40-36(46)42-34(52)28-16-21(5)44-48(28)7-2/h9-12,15-19H,6-8,13-14H2,1-5H3,(H2,37,49)(H2,38,50)(H,39,41,51)(H,40,42,52)/b10-9+. The van der Waals surface area contributed by atoms with Crippen molar-refractivity contribution in [3.63, 3.8) is 0 Å². The maximum Gasteiger partial charge on any atom is 0.276 e. The Morgan fingerprint density at radius 3 is 1.79 bits per heavy atom. The van der Waals surface area contributed by atoms with E-state index >= 15 is 0 Å². The zero-order valence-electron chi connectivity index (χ0n) is 30.0. The summed E-state index contributed by atoms with van der Waals surface area (Å²) in [6.07, 6.45) is 3.73. The fraction of sp³-hybridized carbons (Fsp3) is 0.278. The lowest BCUT2D eigenvalue weighted by Gasteiger charge is -2.12. The first-order chi connectivity index (χ1) is 25.4. The normalized spacial score (nSPS) is 11.5. The number of aryl methyl sites for hydroxylation is 4. The molecule has 6 N–H and O–H groups in total. The topological polar surface area (TPSA) is 225 Å². The Labute approximate surface area is 303 Å². The molecule has 6 aromatic rings. The number of hydrogen-bond donors (Lipinski definition) is 4. The summed E-state index contributed by atoms with van der Waals surface area (Å²) < 4.78 is 12.7. The second-order valence-electron chi connectivity index (χ2n) is 12.2. The summed E-state index contributed by atoms with van der Waals surface area (Å²) in [5, 5.41) is 14.6. The van der Waals surface area contributed by atoms with Crippen molar-refractivity contribution >= 4 is 57.6 Å². The van der Waals surface area contributed by atoms with Crippen LogP contribution in [0.4, 0.5) is 11.9 Å². The van der Waals surface area contributed by atoms with Crippen molar-refractivity contribution in [2.75, 3.05) is 17.2 Å². The molecule has 0 aliphatic carbocycles. The number of nitrogens with zero attached hydrogens (tertiary/aromatic N) is 8. The van der Waals surface area contributed by atoms with Gasteiger partial charge < -0.3 is 25.3 Å². The van der Waals surface area contributed by atoms with Crippen LogP contribution in [-0.2, 0) is 26.2 Å². The zero-order chi connectivity index (χ0) is 38.0. The Morgan fingerprint density at radius 1 is 0.717 bits per heavy atom. The molecule has 17 heteroatoms. The number of hydrogen-bond acceptors (Lipinski definition) is 9. The number of primary amides is 2. The van der Waals surface area contributed by atoms with E-state index < -0.39 is 23.6 Å². The molecule has 0 radical (unpaired) electrons. The van der Waals surface area contributed by atoms with Crippen LogP contribution in [0.5, 0.6) is 5.75 Å². The first kappa shape index (κ1) is 36.0. The first-order valence-electron chi connectivity index (χ1n) is 17.1. The van der Waals surface area contributed by atoms with E-state index in [1.165, 1.54) is 0 Å². The summed E-state index contributed by atoms with van der Waals surface area (Å²) in [7, 11) is 0. The summed E-state index contributed by atoms with van der Waals surface area (Å²) in [4.78, 5) is 60.4. The van der Waals surface area contributed by atoms with Gasteiger partial charge in [-0.05, 0) is 77.1 Å². The molecule has 4 aromatic heterocycles. The quantitative estimate of drug-likeness (QED) is 0.120. The van der Waals surface area contributed by atoms with Crippen molar-refractivity contribution in [1.82, 2.24) is 38.7 Å². The molecule has 17 nitrogen and oxygen atoms in total. The van der Waals surface area contributed by atoms with E-state index in [4.69, 9.17) is 16.2 Å². The second-order valence-corrected chi connectivity index (χ2v) is 12.2. The molecule has 0 saturated heterocycles. The van der Waals surface area contributed by atoms with E-state index in [0.717, 1.165) is 0 Å². The summed E-state index contributed by atoms with van der Waals surface area (Å²) in [5.74, 6) is -1.24. The number of rotatable bonds is 14. The van der Waals surface area contributed by atoms with E-state index in [9.17, 15) is 19.2 Å². The molecule has 4 heterocycles. The van der Waals surface area contributed by atoms with Crippen LogP contribution in [0.15, 0.2) is 54.6 Å². The van der Waals surface area contributed by atoms with Crippen LogP contribution in [0, 0.1) is 13.8 Å². The number of aromatic nitrogens is 8. The van der Waals surface area contributed by atoms with Crippen LogP contribution < -0.4 is 26.8 Å². The third-order valence-electron chi connectivity index (χ3n) is 8.49. The van der Waals surface area contributed by atoms with Gasteiger partial charge in [-0.2, -0.15) is 10.2 Å². The molecule has 0 aliphatic heterocycles. The number of anilines is 2. The highest BCUT2D eigenvalue weighted by atomic mass is 16.5. The van der Waals surface area contributed by atoms with Crippen molar-refractivity contribution in [1.29, 1.82) is 0 Å². The Hall–Kier alpha value is -6.78. The van der Waals surface area contributed by atoms with Crippen LogP contribution in [-0.4, -0.2) is 68.9 Å². The third-order valence-corrected chi connectivity index (χ3v) is 8.49. The number of imidazole rings is 2. The van der Waals surface area contributed by atoms with Crippen molar-refractivity contribution < 1.29 is 23.9 Å². The van der Waals surface area contributed by atoms with Gasteiger partial charge in [0, 0.05) is 37.3 Å². The van der Waals surface area contributed by atoms with E-state index in [1.54, 1.807) is 67.9 Å². The van der Waals surface area contributed by atoms with Gasteiger partial charge in [-0.1, -0.05) is 12.2 Å². The molecule has 2 aromatic carbocycles. The number of carbonyl (C=O) groups excluding carboxylic acids is 4. The number of nitrogens with one attached hydrogen (secondary N) is 2. The Kier molecular flexibility index (Phi) is 10.1. The molecule has 6 rings (SSSR count). The van der Waals surface area contributed by atoms with Crippen molar-refractivity contribution in [2.24, 2.45) is 11.5 Å². The monoisotopic (exact) mass is 720 g/mol. The molecule has 53 heavy (non-hydrogen) atoms. The Balaban J connectivity index is 1.37. The van der Waals surface area contributed by atoms with Crippen molar-refractivity contribution in [3.05, 3.63) is 88.5 Å². The maximum absolute atomic E-state index is 13.5. The lowest BCUT2D eigenvalue weighted by atomic mass is 10.1. The molecular formula is C36H40N12O5. The summed E-state index contributed by atoms with van der Waals surface area (Å²) in [6, 6.07) is 11.4. The van der Waals surface area contributed by atoms with E-state index in [2.05, 4.69) is 30.8 Å². The first-order valence-corrected chi connectivity index (χ1v) is 17.1. The molecule has 0 aliphatic rings. The van der Waals surface area contributed by atoms with Crippen LogP contribution in [0.2, 0.25) is 0 Å². The minimum atomic E-state index is -0.650. The van der Waals surface area contributed by atoms with Gasteiger partial charge in [0.25, 0.3) is 11.8 Å². The summed E-state index contributed by atoms with van der Waals surface area (Å²) in [6.45, 7) is 11.0. The molecule has 4 amide bonds. The minimum Gasteiger partial charge on any atom is -0.492 e. The molecule has 0 spiro atoms. The van der Waals surface area contributed by atoms with Crippen LogP contribution >= 0.6 is 0 Å². The summed E-state index contributed by atoms with van der Waals surface area (Å²) >= 11 is 0. The highest BCUT2D eigenvalue weighted by Gasteiger charge is 2.22.